The maximum Gasteiger partial charge on any atom is 0.270 e. The van der Waals surface area contributed by atoms with E-state index in [4.69, 9.17) is 20.9 Å². The second kappa shape index (κ2) is 15.8. The topological polar surface area (TPSA) is 129 Å². The molecule has 8 nitrogen and oxygen atoms in total. The van der Waals surface area contributed by atoms with Crippen LogP contribution >= 0.6 is 0 Å². The number of hydrogen-bond acceptors (Lipinski definition) is 5. The minimum atomic E-state index is -0.960. The quantitative estimate of drug-likeness (QED) is 0.0882. The number of hydrogen-bond donors (Lipinski definition) is 3. The number of carbonyl (C=O) groups is 2. The summed E-state index contributed by atoms with van der Waals surface area (Å²) in [6.45, 7) is 13.0. The van der Waals surface area contributed by atoms with Crippen LogP contribution in [-0.4, -0.2) is 30.3 Å². The predicted molar refractivity (Wildman–Crippen MR) is 178 cm³/mol. The number of aliphatic imine (C=N–C) groups is 1. The summed E-state index contributed by atoms with van der Waals surface area (Å²) < 4.78 is 11.8. The van der Waals surface area contributed by atoms with E-state index in [2.05, 4.69) is 50.1 Å². The lowest BCUT2D eigenvalue weighted by Gasteiger charge is -2.19. The fourth-order valence-corrected chi connectivity index (χ4v) is 4.26. The van der Waals surface area contributed by atoms with Gasteiger partial charge in [0.1, 0.15) is 29.1 Å². The van der Waals surface area contributed by atoms with Crippen molar-refractivity contribution in [2.24, 2.45) is 16.5 Å². The van der Waals surface area contributed by atoms with Gasteiger partial charge in [-0.15, -0.1) is 0 Å². The van der Waals surface area contributed by atoms with Crippen LogP contribution in [0, 0.1) is 6.92 Å². The number of nitrogens with zero attached hydrogens (tertiary/aromatic N) is 1. The Kier molecular flexibility index (Phi) is 12.1. The highest BCUT2D eigenvalue weighted by Gasteiger charge is 2.23. The average Bonchev–Trinajstić information content (AvgIpc) is 2.99. The molecule has 0 heterocycles. The van der Waals surface area contributed by atoms with Gasteiger partial charge >= 0.3 is 0 Å². The molecule has 0 unspecified atom stereocenters. The predicted octanol–water partition coefficient (Wildman–Crippen LogP) is 6.58. The molecule has 8 heteroatoms. The Labute approximate surface area is 261 Å². The number of nitrogens with two attached hydrogens (primary N) is 2. The van der Waals surface area contributed by atoms with E-state index in [-0.39, 0.29) is 23.4 Å². The minimum absolute atomic E-state index is 0.0461. The number of unbranched alkanes of at least 4 members (excludes halogenated alkanes) is 1. The monoisotopic (exact) mass is 598 g/mol. The Balaban J connectivity index is 1.76. The average molecular weight is 599 g/mol. The van der Waals surface area contributed by atoms with Crippen LogP contribution in [0.4, 0.5) is 0 Å². The van der Waals surface area contributed by atoms with E-state index in [1.54, 1.807) is 13.0 Å². The second-order valence-electron chi connectivity index (χ2n) is 11.9. The van der Waals surface area contributed by atoms with Crippen molar-refractivity contribution in [3.63, 3.8) is 0 Å². The number of amidine groups is 1. The number of ether oxygens (including phenoxy) is 2. The van der Waals surface area contributed by atoms with Gasteiger partial charge in [0, 0.05) is 12.8 Å². The van der Waals surface area contributed by atoms with Gasteiger partial charge in [0.25, 0.3) is 11.8 Å². The molecule has 0 aliphatic carbocycles. The number of nitrogens with one attached hydrogen (secondary N) is 1. The lowest BCUT2D eigenvalue weighted by molar-refractivity contribution is -0.125. The molecular formula is C36H46N4O4. The standard InChI is InChI=1S/C36H46N4O4/c1-7-9-20-43-28-16-11-25(12-17-28)21-32(35(42)40-33(38)8-2)39-34(41)31(37)23-26-22-30(15-10-24(26)3)44-29-18-13-27(14-19-29)36(4,5)6/h10-19,22-23,32H,7-9,20-21,37H2,1-6H3,(H,39,41)(H2,38,40,42)/b31-23-/t32-/m0/s1. The van der Waals surface area contributed by atoms with Crippen LogP contribution < -0.4 is 26.3 Å². The van der Waals surface area contributed by atoms with Crippen molar-refractivity contribution in [1.82, 2.24) is 5.32 Å². The molecule has 5 N–H and O–H groups in total. The maximum atomic E-state index is 13.2. The molecule has 0 aliphatic rings. The number of amides is 2. The molecule has 44 heavy (non-hydrogen) atoms. The summed E-state index contributed by atoms with van der Waals surface area (Å²) in [6, 6.07) is 20.1. The zero-order valence-corrected chi connectivity index (χ0v) is 26.8. The summed E-state index contributed by atoms with van der Waals surface area (Å²) in [4.78, 5) is 30.2. The van der Waals surface area contributed by atoms with E-state index in [0.717, 1.165) is 35.3 Å². The molecule has 3 aromatic rings. The van der Waals surface area contributed by atoms with Crippen molar-refractivity contribution in [3.05, 3.63) is 94.7 Å². The van der Waals surface area contributed by atoms with Crippen LogP contribution in [0.2, 0.25) is 0 Å². The molecule has 0 saturated heterocycles. The van der Waals surface area contributed by atoms with E-state index in [1.807, 2.05) is 61.5 Å². The van der Waals surface area contributed by atoms with Crippen molar-refractivity contribution < 1.29 is 19.1 Å². The summed E-state index contributed by atoms with van der Waals surface area (Å²) in [7, 11) is 0. The van der Waals surface area contributed by atoms with Gasteiger partial charge in [-0.2, -0.15) is 4.99 Å². The molecule has 3 rings (SSSR count). The van der Waals surface area contributed by atoms with Crippen LogP contribution in [0.5, 0.6) is 17.2 Å². The van der Waals surface area contributed by atoms with Gasteiger partial charge < -0.3 is 26.3 Å². The molecular weight excluding hydrogens is 552 g/mol. The van der Waals surface area contributed by atoms with Crippen LogP contribution in [0.15, 0.2) is 77.4 Å². The van der Waals surface area contributed by atoms with Gasteiger partial charge in [-0.1, -0.05) is 71.4 Å². The summed E-state index contributed by atoms with van der Waals surface area (Å²) in [5.74, 6) is 1.12. The SMILES string of the molecule is CCCCOc1ccc(C[C@H](NC(=O)/C(N)=C/c2cc(Oc3ccc(C(C)(C)C)cc3)ccc2C)C(=O)N=C(N)CC)cc1. The molecule has 0 fully saturated rings. The van der Waals surface area contributed by atoms with E-state index in [1.165, 1.54) is 5.56 Å². The van der Waals surface area contributed by atoms with Crippen molar-refractivity contribution in [2.45, 2.75) is 78.7 Å². The van der Waals surface area contributed by atoms with E-state index < -0.39 is 17.9 Å². The molecule has 0 aliphatic heterocycles. The third-order valence-electron chi connectivity index (χ3n) is 7.13. The van der Waals surface area contributed by atoms with E-state index in [9.17, 15) is 9.59 Å². The number of benzene rings is 3. The van der Waals surface area contributed by atoms with E-state index >= 15 is 0 Å². The molecule has 0 aromatic heterocycles. The zero-order valence-electron chi connectivity index (χ0n) is 26.8. The highest BCUT2D eigenvalue weighted by atomic mass is 16.5. The van der Waals surface area contributed by atoms with Crippen molar-refractivity contribution in [2.75, 3.05) is 6.61 Å². The minimum Gasteiger partial charge on any atom is -0.494 e. The summed E-state index contributed by atoms with van der Waals surface area (Å²) in [6.07, 6.45) is 4.22. The molecule has 0 spiro atoms. The third kappa shape index (κ3) is 10.3. The van der Waals surface area contributed by atoms with Gasteiger partial charge in [-0.3, -0.25) is 9.59 Å². The first-order valence-electron chi connectivity index (χ1n) is 15.1. The fraction of sp³-hybridized carbons (Fsp3) is 0.361. The van der Waals surface area contributed by atoms with Gasteiger partial charge in [-0.25, -0.2) is 0 Å². The van der Waals surface area contributed by atoms with Crippen LogP contribution in [0.1, 0.15) is 76.1 Å². The Bertz CT molecular complexity index is 1470. The molecule has 3 aromatic carbocycles. The third-order valence-corrected chi connectivity index (χ3v) is 7.13. The number of carbonyl (C=O) groups excluding carboxylic acids is 2. The normalized spacial score (nSPS) is 12.9. The Hall–Kier alpha value is -4.59. The van der Waals surface area contributed by atoms with Crippen molar-refractivity contribution in [1.29, 1.82) is 0 Å². The van der Waals surface area contributed by atoms with Gasteiger partial charge in [0.05, 0.1) is 12.3 Å². The molecule has 0 radical (unpaired) electrons. The molecule has 0 saturated carbocycles. The van der Waals surface area contributed by atoms with Crippen molar-refractivity contribution in [3.8, 4) is 17.2 Å². The van der Waals surface area contributed by atoms with E-state index in [0.29, 0.717) is 24.5 Å². The van der Waals surface area contributed by atoms with Crippen LogP contribution in [0.25, 0.3) is 6.08 Å². The van der Waals surface area contributed by atoms with Crippen molar-refractivity contribution >= 4 is 23.7 Å². The lowest BCUT2D eigenvalue weighted by atomic mass is 9.87. The Morgan fingerprint density at radius 2 is 1.57 bits per heavy atom. The maximum absolute atomic E-state index is 13.2. The lowest BCUT2D eigenvalue weighted by Crippen LogP contribution is -2.44. The molecule has 1 atom stereocenters. The number of aryl methyl sites for hydroxylation is 1. The fourth-order valence-electron chi connectivity index (χ4n) is 4.26. The smallest absolute Gasteiger partial charge is 0.270 e. The Morgan fingerprint density at radius 1 is 0.932 bits per heavy atom. The summed E-state index contributed by atoms with van der Waals surface area (Å²) in [5.41, 5.74) is 15.7. The second-order valence-corrected chi connectivity index (χ2v) is 11.9. The summed E-state index contributed by atoms with van der Waals surface area (Å²) in [5, 5.41) is 2.76. The first-order chi connectivity index (χ1) is 20.9. The first kappa shape index (κ1) is 33.9. The van der Waals surface area contributed by atoms with Gasteiger partial charge in [-0.05, 0) is 83.5 Å². The van der Waals surface area contributed by atoms with Gasteiger partial charge in [0.2, 0.25) is 0 Å². The molecule has 0 bridgehead atoms. The van der Waals surface area contributed by atoms with Crippen LogP contribution in [0.3, 0.4) is 0 Å². The van der Waals surface area contributed by atoms with Gasteiger partial charge in [0.15, 0.2) is 0 Å². The summed E-state index contributed by atoms with van der Waals surface area (Å²) >= 11 is 0. The largest absolute Gasteiger partial charge is 0.494 e. The molecule has 234 valence electrons. The number of rotatable bonds is 13. The van der Waals surface area contributed by atoms with Crippen LogP contribution in [-0.2, 0) is 21.4 Å². The highest BCUT2D eigenvalue weighted by molar-refractivity contribution is 6.02. The Morgan fingerprint density at radius 3 is 2.18 bits per heavy atom. The first-order valence-corrected chi connectivity index (χ1v) is 15.1. The highest BCUT2D eigenvalue weighted by Crippen LogP contribution is 2.28. The zero-order chi connectivity index (χ0) is 32.3. The molecule has 2 amide bonds.